The topological polar surface area (TPSA) is 41.1 Å². The first kappa shape index (κ1) is 15.0. The number of nitrogens with one attached hydrogen (secondary N) is 2. The van der Waals surface area contributed by atoms with Crippen LogP contribution in [0.25, 0.3) is 0 Å². The van der Waals surface area contributed by atoms with Gasteiger partial charge in [0, 0.05) is 11.6 Å². The summed E-state index contributed by atoms with van der Waals surface area (Å²) in [6, 6.07) is 7.77. The zero-order valence-electron chi connectivity index (χ0n) is 11.0. The van der Waals surface area contributed by atoms with Crippen LogP contribution in [-0.4, -0.2) is 25.5 Å². The summed E-state index contributed by atoms with van der Waals surface area (Å²) < 4.78 is 0. The predicted molar refractivity (Wildman–Crippen MR) is 75.9 cm³/mol. The van der Waals surface area contributed by atoms with Crippen LogP contribution in [0.4, 0.5) is 0 Å². The maximum absolute atomic E-state index is 11.4. The molecule has 18 heavy (non-hydrogen) atoms. The van der Waals surface area contributed by atoms with Gasteiger partial charge in [-0.1, -0.05) is 37.6 Å². The Bertz CT molecular complexity index is 363. The fraction of sp³-hybridized carbons (Fsp3) is 0.500. The predicted octanol–water partition coefficient (Wildman–Crippen LogP) is 2.24. The molecule has 0 saturated carbocycles. The molecule has 1 aromatic rings. The molecule has 100 valence electrons. The number of carbonyl (C=O) groups excluding carboxylic acids is 1. The first-order chi connectivity index (χ1) is 8.58. The van der Waals surface area contributed by atoms with Crippen molar-refractivity contribution in [2.24, 2.45) is 5.92 Å². The van der Waals surface area contributed by atoms with Gasteiger partial charge in [-0.2, -0.15) is 0 Å². The average molecular weight is 269 g/mol. The minimum absolute atomic E-state index is 0.0554. The third kappa shape index (κ3) is 6.62. The molecule has 0 bridgehead atoms. The Morgan fingerprint density at radius 1 is 1.28 bits per heavy atom. The highest BCUT2D eigenvalue weighted by Crippen LogP contribution is 2.09. The van der Waals surface area contributed by atoms with Crippen molar-refractivity contribution in [3.63, 3.8) is 0 Å². The van der Waals surface area contributed by atoms with Crippen LogP contribution in [0.2, 0.25) is 5.02 Å². The smallest absolute Gasteiger partial charge is 0.233 e. The maximum Gasteiger partial charge on any atom is 0.233 e. The van der Waals surface area contributed by atoms with Gasteiger partial charge in [-0.25, -0.2) is 0 Å². The molecular formula is C14H21ClN2O. The van der Waals surface area contributed by atoms with Crippen LogP contribution >= 0.6 is 11.6 Å². The van der Waals surface area contributed by atoms with E-state index in [-0.39, 0.29) is 5.91 Å². The lowest BCUT2D eigenvalue weighted by atomic mass is 10.1. The maximum atomic E-state index is 11.4. The van der Waals surface area contributed by atoms with E-state index < -0.39 is 0 Å². The summed E-state index contributed by atoms with van der Waals surface area (Å²) in [5.41, 5.74) is 1.22. The van der Waals surface area contributed by atoms with E-state index in [0.29, 0.717) is 12.5 Å². The van der Waals surface area contributed by atoms with Crippen molar-refractivity contribution >= 4 is 17.5 Å². The van der Waals surface area contributed by atoms with Crippen molar-refractivity contribution in [3.05, 3.63) is 34.9 Å². The fourth-order valence-corrected chi connectivity index (χ4v) is 1.59. The summed E-state index contributed by atoms with van der Waals surface area (Å²) >= 11 is 5.81. The zero-order valence-corrected chi connectivity index (χ0v) is 11.8. The Hall–Kier alpha value is -1.06. The van der Waals surface area contributed by atoms with E-state index in [1.54, 1.807) is 0 Å². The Kier molecular flexibility index (Phi) is 6.76. The molecule has 0 fully saturated rings. The number of halogens is 1. The second kappa shape index (κ2) is 8.11. The Morgan fingerprint density at radius 3 is 2.56 bits per heavy atom. The molecule has 4 heteroatoms. The molecule has 0 saturated heterocycles. The Labute approximate surface area is 114 Å². The largest absolute Gasteiger partial charge is 0.355 e. The normalized spacial score (nSPS) is 10.7. The quantitative estimate of drug-likeness (QED) is 0.745. The van der Waals surface area contributed by atoms with E-state index in [9.17, 15) is 4.79 Å². The molecule has 3 nitrogen and oxygen atoms in total. The van der Waals surface area contributed by atoms with Crippen LogP contribution in [0.15, 0.2) is 24.3 Å². The molecule has 0 aliphatic rings. The molecule has 0 unspecified atom stereocenters. The van der Waals surface area contributed by atoms with Crippen LogP contribution in [0, 0.1) is 5.92 Å². The Morgan fingerprint density at radius 2 is 1.94 bits per heavy atom. The van der Waals surface area contributed by atoms with Crippen LogP contribution in [-0.2, 0) is 11.2 Å². The van der Waals surface area contributed by atoms with E-state index >= 15 is 0 Å². The Balaban J connectivity index is 2.11. The van der Waals surface area contributed by atoms with Gasteiger partial charge in [0.2, 0.25) is 5.91 Å². The van der Waals surface area contributed by atoms with Gasteiger partial charge in [-0.3, -0.25) is 4.79 Å². The minimum Gasteiger partial charge on any atom is -0.355 e. The summed E-state index contributed by atoms with van der Waals surface area (Å²) in [6.45, 7) is 6.05. The first-order valence-electron chi connectivity index (χ1n) is 6.30. The van der Waals surface area contributed by atoms with E-state index in [4.69, 9.17) is 11.6 Å². The summed E-state index contributed by atoms with van der Waals surface area (Å²) in [7, 11) is 0. The third-order valence-corrected chi connectivity index (χ3v) is 2.75. The molecular weight excluding hydrogens is 248 g/mol. The van der Waals surface area contributed by atoms with Gasteiger partial charge in [-0.15, -0.1) is 0 Å². The molecule has 0 aliphatic carbocycles. The highest BCUT2D eigenvalue weighted by Gasteiger charge is 2.01. The summed E-state index contributed by atoms with van der Waals surface area (Å²) in [4.78, 5) is 11.4. The van der Waals surface area contributed by atoms with Gasteiger partial charge in [-0.05, 0) is 36.6 Å². The van der Waals surface area contributed by atoms with Gasteiger partial charge in [0.15, 0.2) is 0 Å². The van der Waals surface area contributed by atoms with Gasteiger partial charge in [0.25, 0.3) is 0 Å². The molecule has 1 rings (SSSR count). The van der Waals surface area contributed by atoms with Crippen LogP contribution < -0.4 is 10.6 Å². The second-order valence-electron chi connectivity index (χ2n) is 4.75. The van der Waals surface area contributed by atoms with Gasteiger partial charge >= 0.3 is 0 Å². The molecule has 1 aromatic carbocycles. The monoisotopic (exact) mass is 268 g/mol. The van der Waals surface area contributed by atoms with E-state index in [1.165, 1.54) is 5.56 Å². The lowest BCUT2D eigenvalue weighted by Gasteiger charge is -2.08. The molecule has 0 heterocycles. The van der Waals surface area contributed by atoms with Crippen LogP contribution in [0.5, 0.6) is 0 Å². The fourth-order valence-electron chi connectivity index (χ4n) is 1.47. The molecule has 0 spiro atoms. The van der Waals surface area contributed by atoms with Crippen molar-refractivity contribution < 1.29 is 4.79 Å². The number of amides is 1. The lowest BCUT2D eigenvalue weighted by Crippen LogP contribution is -2.36. The van der Waals surface area contributed by atoms with Gasteiger partial charge in [0.1, 0.15) is 0 Å². The molecule has 0 radical (unpaired) electrons. The number of hydrogen-bond acceptors (Lipinski definition) is 2. The summed E-state index contributed by atoms with van der Waals surface area (Å²) in [5.74, 6) is 0.544. The lowest BCUT2D eigenvalue weighted by molar-refractivity contribution is -0.120. The average Bonchev–Trinajstić information content (AvgIpc) is 2.34. The minimum atomic E-state index is 0.0554. The van der Waals surface area contributed by atoms with E-state index in [2.05, 4.69) is 24.5 Å². The van der Waals surface area contributed by atoms with Crippen molar-refractivity contribution in [3.8, 4) is 0 Å². The summed E-state index contributed by atoms with van der Waals surface area (Å²) in [6.07, 6.45) is 0.897. The number of hydrogen-bond donors (Lipinski definition) is 2. The number of benzene rings is 1. The first-order valence-corrected chi connectivity index (χ1v) is 6.67. The van der Waals surface area contributed by atoms with Gasteiger partial charge in [0.05, 0.1) is 6.54 Å². The molecule has 2 N–H and O–H groups in total. The second-order valence-corrected chi connectivity index (χ2v) is 5.19. The summed E-state index contributed by atoms with van der Waals surface area (Å²) in [5, 5.41) is 6.75. The van der Waals surface area contributed by atoms with Crippen molar-refractivity contribution in [1.82, 2.24) is 10.6 Å². The zero-order chi connectivity index (χ0) is 13.4. The van der Waals surface area contributed by atoms with Crippen LogP contribution in [0.1, 0.15) is 19.4 Å². The van der Waals surface area contributed by atoms with Crippen molar-refractivity contribution in [2.75, 3.05) is 19.6 Å². The van der Waals surface area contributed by atoms with Crippen molar-refractivity contribution in [1.29, 1.82) is 0 Å². The number of rotatable bonds is 7. The molecule has 1 amide bonds. The highest BCUT2D eigenvalue weighted by atomic mass is 35.5. The highest BCUT2D eigenvalue weighted by molar-refractivity contribution is 6.30. The SMILES string of the molecule is CC(C)CNC(=O)CNCCc1ccc(Cl)cc1. The van der Waals surface area contributed by atoms with E-state index in [0.717, 1.165) is 24.5 Å². The van der Waals surface area contributed by atoms with Crippen molar-refractivity contribution in [2.45, 2.75) is 20.3 Å². The molecule has 0 aliphatic heterocycles. The van der Waals surface area contributed by atoms with Crippen LogP contribution in [0.3, 0.4) is 0 Å². The third-order valence-electron chi connectivity index (χ3n) is 2.50. The standard InChI is InChI=1S/C14H21ClN2O/c1-11(2)9-17-14(18)10-16-8-7-12-3-5-13(15)6-4-12/h3-6,11,16H,7-10H2,1-2H3,(H,17,18). The number of carbonyl (C=O) groups is 1. The molecule has 0 aromatic heterocycles. The van der Waals surface area contributed by atoms with E-state index in [1.807, 2.05) is 24.3 Å². The molecule has 0 atom stereocenters. The van der Waals surface area contributed by atoms with Gasteiger partial charge < -0.3 is 10.6 Å².